The van der Waals surface area contributed by atoms with Gasteiger partial charge >= 0.3 is 35.8 Å². The molecule has 1 spiro atoms. The summed E-state index contributed by atoms with van der Waals surface area (Å²) in [6.07, 6.45) is -15.8. The van der Waals surface area contributed by atoms with Crippen LogP contribution in [0.1, 0.15) is 70.0 Å². The molecule has 0 radical (unpaired) electrons. The number of esters is 6. The maximum Gasteiger partial charge on any atom is 0.348 e. The number of cyclic esters (lactones) is 1. The molecular formula is C55H34O31. The van der Waals surface area contributed by atoms with E-state index in [0.29, 0.717) is 24.3 Å². The van der Waals surface area contributed by atoms with Crippen LogP contribution in [0.4, 0.5) is 0 Å². The summed E-state index contributed by atoms with van der Waals surface area (Å²) < 4.78 is 42.0. The zero-order chi connectivity index (χ0) is 61.5. The van der Waals surface area contributed by atoms with Gasteiger partial charge in [-0.25, -0.2) is 28.8 Å². The smallest absolute Gasteiger partial charge is 0.348 e. The van der Waals surface area contributed by atoms with Crippen molar-refractivity contribution in [2.75, 3.05) is 6.61 Å². The quantitative estimate of drug-likeness (QED) is 0.0416. The standard InChI is InChI=1S/C55H34O31/c56-13-6-14(57)24-26-27-30-31(55(47(27)72)46-12(5-20(62)54(46,79)53(78)86-55)41-18(61)1-8(13)42(24)82-41)29-28-25(38(69)40(71)39(29)70)22-11(4-17(60)33(64)36(22)67)49(74)81-19-7-80-48(73)10-3-16(59)32(63)35(66)21(10)9-2-15(58)34(65)37(68)23(9)50(75)83-43(19)45(85-51(28)76)44(26)84-52(30)77/h2-6,18-19,26,31,41,43-46,56-61,63-71,79H,1,7H2/t18-,19+,26-,31?,41+,43+,44-,45-,46+,54+,55-/m0/s1. The number of aliphatic hydroxyl groups is 2. The van der Waals surface area contributed by atoms with Crippen LogP contribution >= 0.6 is 0 Å². The van der Waals surface area contributed by atoms with Crippen LogP contribution in [-0.2, 0) is 54.0 Å². The molecule has 1 unspecified atom stereocenters. The number of aliphatic hydroxyl groups excluding tert-OH is 1. The number of hydrogen-bond acceptors (Lipinski definition) is 31. The van der Waals surface area contributed by atoms with Gasteiger partial charge in [0, 0.05) is 57.0 Å². The molecule has 7 aliphatic heterocycles. The van der Waals surface area contributed by atoms with Gasteiger partial charge in [-0.15, -0.1) is 0 Å². The Balaban J connectivity index is 1.16. The maximum atomic E-state index is 16.6. The first-order chi connectivity index (χ1) is 40.6. The van der Waals surface area contributed by atoms with Crippen molar-refractivity contribution in [3.05, 3.63) is 86.0 Å². The Kier molecular flexibility index (Phi) is 10.2. The Bertz CT molecular complexity index is 4320. The summed E-state index contributed by atoms with van der Waals surface area (Å²) in [4.78, 5) is 122. The third-order valence-electron chi connectivity index (χ3n) is 17.2. The van der Waals surface area contributed by atoms with E-state index in [2.05, 4.69) is 0 Å². The second kappa shape index (κ2) is 16.7. The minimum Gasteiger partial charge on any atom is -0.507 e. The van der Waals surface area contributed by atoms with E-state index in [0.717, 1.165) is 0 Å². The van der Waals surface area contributed by atoms with E-state index in [1.807, 2.05) is 0 Å². The molecule has 8 bridgehead atoms. The van der Waals surface area contributed by atoms with Crippen molar-refractivity contribution in [2.24, 2.45) is 5.92 Å². The zero-order valence-electron chi connectivity index (χ0n) is 42.3. The highest BCUT2D eigenvalue weighted by Crippen LogP contribution is 2.70. The van der Waals surface area contributed by atoms with Gasteiger partial charge in [0.15, 0.2) is 81.8 Å². The van der Waals surface area contributed by atoms with Crippen molar-refractivity contribution in [1.29, 1.82) is 0 Å². The molecule has 11 atom stereocenters. The molecule has 5 aromatic rings. The molecule has 14 rings (SSSR count). The number of aromatic hydroxyl groups is 14. The van der Waals surface area contributed by atoms with Crippen molar-refractivity contribution in [3.63, 3.8) is 0 Å². The van der Waals surface area contributed by atoms with Crippen LogP contribution in [0.15, 0.2) is 47.1 Å². The van der Waals surface area contributed by atoms with Crippen molar-refractivity contribution in [2.45, 2.75) is 66.1 Å². The summed E-state index contributed by atoms with van der Waals surface area (Å²) in [5, 5.41) is 185. The van der Waals surface area contributed by atoms with Gasteiger partial charge in [0.1, 0.15) is 35.5 Å². The highest BCUT2D eigenvalue weighted by molar-refractivity contribution is 6.25. The second-order valence-electron chi connectivity index (χ2n) is 21.3. The van der Waals surface area contributed by atoms with Crippen LogP contribution in [-0.4, -0.2) is 184 Å². The number of hydrogen-bond donors (Lipinski definition) is 16. The molecule has 86 heavy (non-hydrogen) atoms. The fourth-order valence-corrected chi connectivity index (χ4v) is 13.6. The van der Waals surface area contributed by atoms with E-state index >= 15 is 24.0 Å². The largest absolute Gasteiger partial charge is 0.507 e. The van der Waals surface area contributed by atoms with E-state index in [1.165, 1.54) is 0 Å². The summed E-state index contributed by atoms with van der Waals surface area (Å²) in [6.45, 7) is -1.63. The minimum atomic E-state index is -3.61. The molecule has 1 fully saturated rings. The highest BCUT2D eigenvalue weighted by atomic mass is 16.6. The van der Waals surface area contributed by atoms with Gasteiger partial charge in [-0.05, 0) is 29.8 Å². The van der Waals surface area contributed by atoms with Gasteiger partial charge in [0.2, 0.25) is 34.4 Å². The first kappa shape index (κ1) is 52.7. The number of fused-ring (bicyclic) bond motifs is 17. The van der Waals surface area contributed by atoms with Crippen molar-refractivity contribution in [1.82, 2.24) is 0 Å². The molecule has 31 nitrogen and oxygen atoms in total. The normalized spacial score (nSPS) is 28.8. The number of benzene rings is 5. The highest BCUT2D eigenvalue weighted by Gasteiger charge is 2.82. The SMILES string of the molecule is O=C1O[C@@H]2[C@H]3OC(=O)c4c(c(O)c(O)c(O)c4C4C1=C1C(=O)[C@]45OC(=O)[C@@]4(O)C(=O)C=C([C@H]6Oc7c(c(O)cc(O)c7[C@@H]12)C[C@@H]6O)[C@H]45)-c1c(cc(O)c(O)c1O)C(=O)O[C@@H]1COC(=O)c2cc(O)c(O)c(O)c2-c2cc(O)c(O)c(O)c2C(=O)O[C@@H]31. The lowest BCUT2D eigenvalue weighted by Crippen LogP contribution is -2.57. The van der Waals surface area contributed by atoms with Gasteiger partial charge in [-0.1, -0.05) is 0 Å². The number of ketones is 2. The lowest BCUT2D eigenvalue weighted by molar-refractivity contribution is -0.169. The summed E-state index contributed by atoms with van der Waals surface area (Å²) in [5.74, 6) is -44.9. The topological polar surface area (TPSA) is 525 Å². The van der Waals surface area contributed by atoms with Crippen LogP contribution in [0, 0.1) is 5.92 Å². The third-order valence-corrected chi connectivity index (χ3v) is 17.2. The molecule has 440 valence electrons. The minimum absolute atomic E-state index is 0.282. The van der Waals surface area contributed by atoms with Gasteiger partial charge in [-0.2, -0.15) is 0 Å². The van der Waals surface area contributed by atoms with Gasteiger partial charge < -0.3 is 115 Å². The summed E-state index contributed by atoms with van der Waals surface area (Å²) in [6, 6.07) is 1.71. The summed E-state index contributed by atoms with van der Waals surface area (Å²) in [7, 11) is 0. The Hall–Kier alpha value is -11.3. The summed E-state index contributed by atoms with van der Waals surface area (Å²) in [5.41, 5.74) is -23.4. The Morgan fingerprint density at radius 1 is 0.477 bits per heavy atom. The molecule has 16 N–H and O–H groups in total. The average Bonchev–Trinajstić information content (AvgIpc) is 1.48. The van der Waals surface area contributed by atoms with Gasteiger partial charge in [0.25, 0.3) is 0 Å². The Morgan fingerprint density at radius 3 is 1.71 bits per heavy atom. The van der Waals surface area contributed by atoms with Gasteiger partial charge in [-0.3, -0.25) is 9.59 Å². The van der Waals surface area contributed by atoms with Crippen molar-refractivity contribution >= 4 is 47.4 Å². The number of phenols is 14. The Labute approximate surface area is 472 Å². The van der Waals surface area contributed by atoms with E-state index < -0.39 is 290 Å². The van der Waals surface area contributed by atoms with Crippen LogP contribution < -0.4 is 4.74 Å². The van der Waals surface area contributed by atoms with E-state index in [-0.39, 0.29) is 6.07 Å². The Morgan fingerprint density at radius 2 is 1.05 bits per heavy atom. The number of phenolic OH excluding ortho intramolecular Hbond substituents is 14. The van der Waals surface area contributed by atoms with Crippen LogP contribution in [0.25, 0.3) is 22.3 Å². The molecule has 9 aliphatic rings. The number of rotatable bonds is 0. The molecule has 0 saturated carbocycles. The third kappa shape index (κ3) is 6.13. The number of Topliss-reactive ketones (excluding diaryl/α,β-unsaturated/α-hetero) is 1. The monoisotopic (exact) mass is 1190 g/mol. The summed E-state index contributed by atoms with van der Waals surface area (Å²) >= 11 is 0. The first-order valence-electron chi connectivity index (χ1n) is 25.2. The average molecular weight is 1190 g/mol. The molecule has 7 heterocycles. The molecule has 2 aliphatic carbocycles. The van der Waals surface area contributed by atoms with E-state index in [9.17, 15) is 96.1 Å². The van der Waals surface area contributed by atoms with Crippen molar-refractivity contribution in [3.8, 4) is 108 Å². The fourth-order valence-electron chi connectivity index (χ4n) is 13.6. The lowest BCUT2D eigenvalue weighted by Gasteiger charge is -2.43. The zero-order valence-corrected chi connectivity index (χ0v) is 42.3. The van der Waals surface area contributed by atoms with Crippen molar-refractivity contribution < 1.29 is 153 Å². The number of ether oxygens (including phenoxy) is 7. The molecule has 31 heteroatoms. The lowest BCUT2D eigenvalue weighted by atomic mass is 9.64. The van der Waals surface area contributed by atoms with E-state index in [4.69, 9.17) is 33.2 Å². The van der Waals surface area contributed by atoms with Gasteiger partial charge in [0.05, 0.1) is 46.1 Å². The first-order valence-corrected chi connectivity index (χ1v) is 25.2. The molecule has 0 aromatic heterocycles. The molecule has 0 amide bonds. The predicted molar refractivity (Wildman–Crippen MR) is 263 cm³/mol. The van der Waals surface area contributed by atoms with E-state index in [1.54, 1.807) is 0 Å². The van der Waals surface area contributed by atoms with Crippen LogP contribution in [0.3, 0.4) is 0 Å². The second-order valence-corrected chi connectivity index (χ2v) is 21.3. The molecular weight excluding hydrogens is 1160 g/mol. The molecule has 1 saturated heterocycles. The van der Waals surface area contributed by atoms with Crippen LogP contribution in [0.2, 0.25) is 0 Å². The molecule has 5 aromatic carbocycles. The number of carbonyl (C=O) groups is 8. The number of carbonyl (C=O) groups excluding carboxylic acids is 8. The predicted octanol–water partition coefficient (Wildman–Crippen LogP) is -0.125. The maximum absolute atomic E-state index is 16.6. The fraction of sp³-hybridized carbons (Fsp3) is 0.236. The van der Waals surface area contributed by atoms with Crippen LogP contribution in [0.5, 0.6) is 86.2 Å².